The number of amides is 1. The van der Waals surface area contributed by atoms with Crippen LogP contribution in [0, 0.1) is 12.8 Å². The molecule has 2 N–H and O–H groups in total. The first-order valence-corrected chi connectivity index (χ1v) is 8.32. The molecule has 2 atom stereocenters. The predicted molar refractivity (Wildman–Crippen MR) is 94.3 cm³/mol. The third kappa shape index (κ3) is 3.99. The second-order valence-corrected chi connectivity index (χ2v) is 6.42. The highest BCUT2D eigenvalue weighted by Gasteiger charge is 2.33. The van der Waals surface area contributed by atoms with Gasteiger partial charge >= 0.3 is 0 Å². The van der Waals surface area contributed by atoms with Crippen LogP contribution >= 0.6 is 0 Å². The summed E-state index contributed by atoms with van der Waals surface area (Å²) in [7, 11) is 0. The summed E-state index contributed by atoms with van der Waals surface area (Å²) in [6, 6.07) is 18.3. The number of carbonyl (C=O) groups excluding carboxylic acids is 1. The summed E-state index contributed by atoms with van der Waals surface area (Å²) < 4.78 is 0. The van der Waals surface area contributed by atoms with Crippen LogP contribution in [-0.4, -0.2) is 11.9 Å². The summed E-state index contributed by atoms with van der Waals surface area (Å²) in [5.41, 5.74) is 3.23. The molecule has 0 spiro atoms. The summed E-state index contributed by atoms with van der Waals surface area (Å²) in [4.78, 5) is 12.5. The number of aryl methyl sites for hydroxylation is 1. The lowest BCUT2D eigenvalue weighted by molar-refractivity contribution is -0.118. The van der Waals surface area contributed by atoms with E-state index in [1.165, 1.54) is 18.4 Å². The molecule has 120 valence electrons. The van der Waals surface area contributed by atoms with Crippen LogP contribution in [0.4, 0.5) is 5.69 Å². The topological polar surface area (TPSA) is 41.1 Å². The van der Waals surface area contributed by atoms with Crippen LogP contribution < -0.4 is 10.6 Å². The van der Waals surface area contributed by atoms with Gasteiger partial charge in [-0.1, -0.05) is 48.5 Å². The molecule has 1 saturated carbocycles. The van der Waals surface area contributed by atoms with Gasteiger partial charge < -0.3 is 5.32 Å². The van der Waals surface area contributed by atoms with Crippen molar-refractivity contribution < 1.29 is 4.79 Å². The first-order chi connectivity index (χ1) is 11.1. The van der Waals surface area contributed by atoms with Gasteiger partial charge in [0, 0.05) is 11.7 Å². The average Bonchev–Trinajstić information content (AvgIpc) is 3.40. The smallest absolute Gasteiger partial charge is 0.241 e. The number of rotatable bonds is 6. The fraction of sp³-hybridized carbons (Fsp3) is 0.350. The fourth-order valence-electron chi connectivity index (χ4n) is 2.89. The zero-order valence-electron chi connectivity index (χ0n) is 13.8. The molecule has 23 heavy (non-hydrogen) atoms. The Morgan fingerprint density at radius 3 is 2.35 bits per heavy atom. The molecule has 0 heterocycles. The third-order valence-electron chi connectivity index (χ3n) is 4.48. The average molecular weight is 308 g/mol. The molecule has 2 unspecified atom stereocenters. The lowest BCUT2D eigenvalue weighted by atomic mass is 10.0. The Morgan fingerprint density at radius 2 is 1.70 bits per heavy atom. The summed E-state index contributed by atoms with van der Waals surface area (Å²) in [6.07, 6.45) is 2.47. The Morgan fingerprint density at radius 1 is 1.04 bits per heavy atom. The molecule has 1 aliphatic carbocycles. The molecule has 1 aliphatic rings. The number of anilines is 1. The van der Waals surface area contributed by atoms with E-state index in [4.69, 9.17) is 0 Å². The highest BCUT2D eigenvalue weighted by Crippen LogP contribution is 2.41. The minimum atomic E-state index is -0.236. The Bertz CT molecular complexity index is 664. The van der Waals surface area contributed by atoms with Crippen molar-refractivity contribution in [2.75, 3.05) is 5.32 Å². The standard InChI is InChI=1S/C20H24N2O/c1-14-8-6-7-11-18(14)22-20(23)15(2)21-19(17-12-13-17)16-9-4-3-5-10-16/h3-11,15,17,19,21H,12-13H2,1-2H3,(H,22,23). The number of hydrogen-bond acceptors (Lipinski definition) is 2. The first-order valence-electron chi connectivity index (χ1n) is 8.32. The van der Waals surface area contributed by atoms with E-state index >= 15 is 0 Å². The van der Waals surface area contributed by atoms with Gasteiger partial charge in [0.15, 0.2) is 0 Å². The monoisotopic (exact) mass is 308 g/mol. The zero-order valence-corrected chi connectivity index (χ0v) is 13.8. The summed E-state index contributed by atoms with van der Waals surface area (Å²) in [5.74, 6) is 0.659. The van der Waals surface area contributed by atoms with Gasteiger partial charge in [0.1, 0.15) is 0 Å². The van der Waals surface area contributed by atoms with Gasteiger partial charge in [-0.2, -0.15) is 0 Å². The van der Waals surface area contributed by atoms with E-state index in [-0.39, 0.29) is 18.0 Å². The van der Waals surface area contributed by atoms with Crippen molar-refractivity contribution in [1.82, 2.24) is 5.32 Å². The van der Waals surface area contributed by atoms with Gasteiger partial charge in [-0.25, -0.2) is 0 Å². The molecule has 0 saturated heterocycles. The second-order valence-electron chi connectivity index (χ2n) is 6.42. The van der Waals surface area contributed by atoms with Gasteiger partial charge in [-0.15, -0.1) is 0 Å². The number of nitrogens with one attached hydrogen (secondary N) is 2. The van der Waals surface area contributed by atoms with E-state index in [1.54, 1.807) is 0 Å². The number of benzene rings is 2. The maximum Gasteiger partial charge on any atom is 0.241 e. The quantitative estimate of drug-likeness (QED) is 0.845. The van der Waals surface area contributed by atoms with E-state index in [0.717, 1.165) is 11.3 Å². The summed E-state index contributed by atoms with van der Waals surface area (Å²) >= 11 is 0. The first kappa shape index (κ1) is 15.8. The number of para-hydroxylation sites is 1. The normalized spacial score (nSPS) is 16.6. The van der Waals surface area contributed by atoms with Crippen LogP contribution in [0.1, 0.15) is 36.9 Å². The van der Waals surface area contributed by atoms with E-state index < -0.39 is 0 Å². The molecule has 2 aromatic rings. The minimum absolute atomic E-state index is 0.0147. The number of carbonyl (C=O) groups is 1. The van der Waals surface area contributed by atoms with Crippen molar-refractivity contribution in [2.24, 2.45) is 5.92 Å². The molecule has 1 fully saturated rings. The van der Waals surface area contributed by atoms with Gasteiger partial charge in [0.05, 0.1) is 6.04 Å². The van der Waals surface area contributed by atoms with Gasteiger partial charge in [0.25, 0.3) is 0 Å². The minimum Gasteiger partial charge on any atom is -0.324 e. The molecule has 3 nitrogen and oxygen atoms in total. The van der Waals surface area contributed by atoms with E-state index in [1.807, 2.05) is 44.2 Å². The molecule has 0 aromatic heterocycles. The van der Waals surface area contributed by atoms with Gasteiger partial charge in [0.2, 0.25) is 5.91 Å². The Kier molecular flexibility index (Phi) is 4.77. The molecule has 2 aromatic carbocycles. The maximum absolute atomic E-state index is 12.5. The van der Waals surface area contributed by atoms with Crippen LogP contribution in [0.2, 0.25) is 0 Å². The van der Waals surface area contributed by atoms with Crippen LogP contribution in [0.3, 0.4) is 0 Å². The van der Waals surface area contributed by atoms with Gasteiger partial charge in [-0.3, -0.25) is 10.1 Å². The molecule has 3 rings (SSSR count). The fourth-order valence-corrected chi connectivity index (χ4v) is 2.89. The second kappa shape index (κ2) is 6.97. The molecule has 3 heteroatoms. The maximum atomic E-state index is 12.5. The molecular formula is C20H24N2O. The molecular weight excluding hydrogens is 284 g/mol. The molecule has 0 aliphatic heterocycles. The van der Waals surface area contributed by atoms with Crippen LogP contribution in [0.15, 0.2) is 54.6 Å². The summed E-state index contributed by atoms with van der Waals surface area (Å²) in [5, 5.41) is 6.55. The van der Waals surface area contributed by atoms with Gasteiger partial charge in [-0.05, 0) is 49.8 Å². The van der Waals surface area contributed by atoms with Crippen LogP contribution in [0.5, 0.6) is 0 Å². The lowest BCUT2D eigenvalue weighted by Gasteiger charge is -2.23. The highest BCUT2D eigenvalue weighted by atomic mass is 16.2. The van der Waals surface area contributed by atoms with Crippen molar-refractivity contribution in [3.05, 3.63) is 65.7 Å². The lowest BCUT2D eigenvalue weighted by Crippen LogP contribution is -2.41. The highest BCUT2D eigenvalue weighted by molar-refractivity contribution is 5.95. The van der Waals surface area contributed by atoms with Crippen molar-refractivity contribution in [1.29, 1.82) is 0 Å². The predicted octanol–water partition coefficient (Wildman–Crippen LogP) is 4.06. The van der Waals surface area contributed by atoms with Crippen molar-refractivity contribution in [3.63, 3.8) is 0 Å². The Balaban J connectivity index is 1.66. The van der Waals surface area contributed by atoms with Crippen molar-refractivity contribution >= 4 is 11.6 Å². The SMILES string of the molecule is Cc1ccccc1NC(=O)C(C)NC(c1ccccc1)C1CC1. The third-order valence-corrected chi connectivity index (χ3v) is 4.48. The Labute approximate surface area is 138 Å². The summed E-state index contributed by atoms with van der Waals surface area (Å²) in [6.45, 7) is 3.94. The molecule has 0 radical (unpaired) electrons. The van der Waals surface area contributed by atoms with Crippen molar-refractivity contribution in [2.45, 2.75) is 38.8 Å². The molecule has 1 amide bonds. The Hall–Kier alpha value is -2.13. The molecule has 0 bridgehead atoms. The van der Waals surface area contributed by atoms with Crippen molar-refractivity contribution in [3.8, 4) is 0 Å². The largest absolute Gasteiger partial charge is 0.324 e. The van der Waals surface area contributed by atoms with E-state index in [9.17, 15) is 4.79 Å². The van der Waals surface area contributed by atoms with Crippen LogP contribution in [-0.2, 0) is 4.79 Å². The zero-order chi connectivity index (χ0) is 16.2. The van der Waals surface area contributed by atoms with E-state index in [2.05, 4.69) is 34.9 Å². The van der Waals surface area contributed by atoms with Crippen LogP contribution in [0.25, 0.3) is 0 Å². The van der Waals surface area contributed by atoms with E-state index in [0.29, 0.717) is 5.92 Å². The number of hydrogen-bond donors (Lipinski definition) is 2.